The third-order valence-corrected chi connectivity index (χ3v) is 8.38. The maximum atomic E-state index is 13.4. The van der Waals surface area contributed by atoms with Crippen molar-refractivity contribution < 1.29 is 14.3 Å². The van der Waals surface area contributed by atoms with Crippen molar-refractivity contribution in [3.05, 3.63) is 143 Å². The third-order valence-electron chi connectivity index (χ3n) is 8.38. The van der Waals surface area contributed by atoms with Crippen LogP contribution in [0.1, 0.15) is 52.0 Å². The minimum atomic E-state index is -1.13. The molecule has 5 aromatic rings. The second kappa shape index (κ2) is 10.1. The number of aryl methyl sites for hydroxylation is 2. The van der Waals surface area contributed by atoms with E-state index >= 15 is 0 Å². The van der Waals surface area contributed by atoms with Crippen molar-refractivity contribution in [2.45, 2.75) is 32.8 Å². The zero-order valence-electron chi connectivity index (χ0n) is 24.0. The van der Waals surface area contributed by atoms with Crippen LogP contribution in [-0.2, 0) is 16.8 Å². The number of fused-ring (bicyclic) bond motifs is 6. The van der Waals surface area contributed by atoms with Gasteiger partial charge in [0.25, 0.3) is 0 Å². The molecule has 5 aromatic carbocycles. The lowest BCUT2D eigenvalue weighted by atomic mass is 9.77. The Morgan fingerprint density at radius 3 is 2.21 bits per heavy atom. The Morgan fingerprint density at radius 1 is 0.738 bits per heavy atom. The topological polar surface area (TPSA) is 50.8 Å². The highest BCUT2D eigenvalue weighted by molar-refractivity contribution is 5.97. The van der Waals surface area contributed by atoms with Crippen molar-refractivity contribution in [3.63, 3.8) is 0 Å². The Labute approximate surface area is 246 Å². The van der Waals surface area contributed by atoms with Crippen LogP contribution in [0.3, 0.4) is 0 Å². The van der Waals surface area contributed by atoms with Gasteiger partial charge in [0.15, 0.2) is 5.60 Å². The van der Waals surface area contributed by atoms with Crippen molar-refractivity contribution in [3.8, 4) is 11.5 Å². The van der Waals surface area contributed by atoms with Gasteiger partial charge in [0.1, 0.15) is 11.5 Å². The molecule has 0 fully saturated rings. The Morgan fingerprint density at radius 2 is 1.45 bits per heavy atom. The van der Waals surface area contributed by atoms with Crippen molar-refractivity contribution in [2.24, 2.45) is 0 Å². The molecule has 2 aliphatic rings. The fraction of sp³-hybridized carbons (Fsp3) is 0.162. The van der Waals surface area contributed by atoms with E-state index in [0.29, 0.717) is 17.1 Å². The predicted octanol–water partition coefficient (Wildman–Crippen LogP) is 9.03. The number of esters is 1. The monoisotopic (exact) mass is 552 g/mol. The van der Waals surface area contributed by atoms with Crippen LogP contribution in [0.15, 0.2) is 109 Å². The maximum Gasteiger partial charge on any atom is 0.340 e. The summed E-state index contributed by atoms with van der Waals surface area (Å²) in [7, 11) is 0. The first-order valence-electron chi connectivity index (χ1n) is 14.5. The van der Waals surface area contributed by atoms with Crippen LogP contribution >= 0.6 is 0 Å². The van der Waals surface area contributed by atoms with Gasteiger partial charge in [0.2, 0.25) is 0 Å². The van der Waals surface area contributed by atoms with E-state index in [1.165, 1.54) is 5.56 Å². The Hall–Kier alpha value is -5.03. The summed E-state index contributed by atoms with van der Waals surface area (Å²) in [5, 5.41) is 3.54. The van der Waals surface area contributed by atoms with Crippen LogP contribution in [-0.4, -0.2) is 12.5 Å². The lowest BCUT2D eigenvalue weighted by molar-refractivity contribution is 0.0224. The quantitative estimate of drug-likeness (QED) is 0.213. The summed E-state index contributed by atoms with van der Waals surface area (Å²) in [4.78, 5) is 15.6. The summed E-state index contributed by atoms with van der Waals surface area (Å²) in [5.74, 6) is 1.02. The number of benzene rings is 5. The highest BCUT2D eigenvalue weighted by Crippen LogP contribution is 2.57. The van der Waals surface area contributed by atoms with Gasteiger partial charge >= 0.3 is 5.97 Å². The van der Waals surface area contributed by atoms with E-state index in [1.54, 1.807) is 0 Å². The van der Waals surface area contributed by atoms with E-state index in [4.69, 9.17) is 9.47 Å². The predicted molar refractivity (Wildman–Crippen MR) is 168 cm³/mol. The molecule has 0 aliphatic carbocycles. The van der Waals surface area contributed by atoms with Crippen LogP contribution < -0.4 is 15.0 Å². The minimum Gasteiger partial charge on any atom is -0.456 e. The molecule has 5 heteroatoms. The van der Waals surface area contributed by atoms with E-state index in [9.17, 15) is 4.79 Å². The molecule has 7 rings (SSSR count). The van der Waals surface area contributed by atoms with Crippen LogP contribution in [0, 0.1) is 6.92 Å². The first-order valence-corrected chi connectivity index (χ1v) is 14.5. The number of anilines is 4. The van der Waals surface area contributed by atoms with Gasteiger partial charge in [-0.2, -0.15) is 0 Å². The van der Waals surface area contributed by atoms with E-state index in [0.717, 1.165) is 58.0 Å². The Kier molecular flexibility index (Phi) is 6.23. The van der Waals surface area contributed by atoms with Gasteiger partial charge < -0.3 is 19.7 Å². The van der Waals surface area contributed by atoms with E-state index in [2.05, 4.69) is 79.5 Å². The molecule has 1 N–H and O–H groups in total. The standard InChI is InChI=1S/C37H32N2O3/c1-4-25-15-17-27(18-16-25)39(5-2)28-19-20-31-35(22-28)41-34-21-24(3)33(38-26-11-7-6-8-12-26)23-32(34)37(31)30-14-10-9-13-29(30)36(40)42-37/h6-23,38H,4-5H2,1-3H3. The summed E-state index contributed by atoms with van der Waals surface area (Å²) in [6, 6.07) is 36.7. The average molecular weight is 553 g/mol. The molecule has 1 unspecified atom stereocenters. The van der Waals surface area contributed by atoms with E-state index in [1.807, 2.05) is 60.7 Å². The highest BCUT2D eigenvalue weighted by atomic mass is 16.6. The highest BCUT2D eigenvalue weighted by Gasteiger charge is 2.53. The molecule has 1 spiro atoms. The third kappa shape index (κ3) is 4.04. The molecule has 42 heavy (non-hydrogen) atoms. The molecule has 0 aromatic heterocycles. The smallest absolute Gasteiger partial charge is 0.340 e. The van der Waals surface area contributed by atoms with Crippen molar-refractivity contribution in [2.75, 3.05) is 16.8 Å². The zero-order chi connectivity index (χ0) is 28.8. The van der Waals surface area contributed by atoms with Gasteiger partial charge in [0.05, 0.1) is 5.56 Å². The number of para-hydroxylation sites is 1. The maximum absolute atomic E-state index is 13.4. The SMILES string of the molecule is CCc1ccc(N(CC)c2ccc3c(c2)Oc2cc(C)c(Nc4ccccc4)cc2C32OC(=O)c3ccccc32)cc1. The van der Waals surface area contributed by atoms with Crippen LogP contribution in [0.25, 0.3) is 0 Å². The van der Waals surface area contributed by atoms with Gasteiger partial charge in [-0.05, 0) is 86.0 Å². The number of carbonyl (C=O) groups excluding carboxylic acids is 1. The molecular formula is C37H32N2O3. The summed E-state index contributed by atoms with van der Waals surface area (Å²) < 4.78 is 13.1. The van der Waals surface area contributed by atoms with Gasteiger partial charge in [-0.15, -0.1) is 0 Å². The van der Waals surface area contributed by atoms with Crippen molar-refractivity contribution >= 4 is 28.7 Å². The van der Waals surface area contributed by atoms with Gasteiger partial charge in [-0.3, -0.25) is 0 Å². The molecule has 2 aliphatic heterocycles. The van der Waals surface area contributed by atoms with Crippen LogP contribution in [0.4, 0.5) is 22.7 Å². The van der Waals surface area contributed by atoms with Crippen molar-refractivity contribution in [1.82, 2.24) is 0 Å². The van der Waals surface area contributed by atoms with Gasteiger partial charge in [-0.25, -0.2) is 4.79 Å². The lowest BCUT2D eigenvalue weighted by Crippen LogP contribution is -2.33. The largest absolute Gasteiger partial charge is 0.456 e. The summed E-state index contributed by atoms with van der Waals surface area (Å²) in [6.45, 7) is 7.15. The Bertz CT molecular complexity index is 1810. The summed E-state index contributed by atoms with van der Waals surface area (Å²) in [6.07, 6.45) is 1.00. The van der Waals surface area contributed by atoms with E-state index in [-0.39, 0.29) is 5.97 Å². The molecule has 0 saturated heterocycles. The molecule has 0 bridgehead atoms. The number of nitrogens with one attached hydrogen (secondary N) is 1. The fourth-order valence-electron chi connectivity index (χ4n) is 6.21. The average Bonchev–Trinajstić information content (AvgIpc) is 3.32. The fourth-order valence-corrected chi connectivity index (χ4v) is 6.21. The molecule has 1 atom stereocenters. The molecule has 2 heterocycles. The Balaban J connectivity index is 1.39. The number of ether oxygens (including phenoxy) is 2. The number of hydrogen-bond donors (Lipinski definition) is 1. The lowest BCUT2D eigenvalue weighted by Gasteiger charge is -2.38. The van der Waals surface area contributed by atoms with Crippen molar-refractivity contribution in [1.29, 1.82) is 0 Å². The molecule has 208 valence electrons. The number of rotatable bonds is 6. The molecular weight excluding hydrogens is 520 g/mol. The molecule has 0 radical (unpaired) electrons. The second-order valence-corrected chi connectivity index (χ2v) is 10.8. The number of nitrogens with zero attached hydrogens (tertiary/aromatic N) is 1. The van der Waals surface area contributed by atoms with Crippen LogP contribution in [0.5, 0.6) is 11.5 Å². The summed E-state index contributed by atoms with van der Waals surface area (Å²) in [5.41, 5.74) is 8.24. The molecule has 5 nitrogen and oxygen atoms in total. The van der Waals surface area contributed by atoms with Crippen LogP contribution in [0.2, 0.25) is 0 Å². The van der Waals surface area contributed by atoms with Gasteiger partial charge in [-0.1, -0.05) is 55.5 Å². The second-order valence-electron chi connectivity index (χ2n) is 10.8. The molecule has 0 amide bonds. The van der Waals surface area contributed by atoms with Gasteiger partial charge in [0, 0.05) is 52.1 Å². The zero-order valence-corrected chi connectivity index (χ0v) is 24.0. The first kappa shape index (κ1) is 25.9. The van der Waals surface area contributed by atoms with E-state index < -0.39 is 5.60 Å². The number of carbonyl (C=O) groups is 1. The molecule has 0 saturated carbocycles. The summed E-state index contributed by atoms with van der Waals surface area (Å²) >= 11 is 0. The minimum absolute atomic E-state index is 0.335. The number of hydrogen-bond acceptors (Lipinski definition) is 5. The first-order chi connectivity index (χ1) is 20.5. The normalized spacial score (nSPS) is 16.2.